The van der Waals surface area contributed by atoms with Crippen LogP contribution in [0.1, 0.15) is 51.1 Å². The van der Waals surface area contributed by atoms with E-state index < -0.39 is 27.8 Å². The molecule has 0 aromatic carbocycles. The molecule has 1 aliphatic heterocycles. The van der Waals surface area contributed by atoms with E-state index in [0.29, 0.717) is 35.5 Å². The van der Waals surface area contributed by atoms with Crippen molar-refractivity contribution in [3.63, 3.8) is 0 Å². The molecule has 1 aromatic heterocycles. The van der Waals surface area contributed by atoms with Gasteiger partial charge < -0.3 is 19.7 Å². The molecule has 0 fully saturated rings. The van der Waals surface area contributed by atoms with Crippen molar-refractivity contribution < 1.29 is 28.2 Å². The average molecular weight is 384 g/mol. The smallest absolute Gasteiger partial charge is 0.163 e. The molecule has 0 amide bonds. The van der Waals surface area contributed by atoms with Crippen LogP contribution in [0.4, 0.5) is 0 Å². The highest BCUT2D eigenvalue weighted by atomic mass is 32.2. The first-order valence-electron chi connectivity index (χ1n) is 8.91. The van der Waals surface area contributed by atoms with Crippen LogP contribution in [0.15, 0.2) is 33.3 Å². The van der Waals surface area contributed by atoms with Gasteiger partial charge in [-0.1, -0.05) is 24.5 Å². The van der Waals surface area contributed by atoms with Crippen LogP contribution in [0.3, 0.4) is 0 Å². The second-order valence-corrected chi connectivity index (χ2v) is 8.97. The van der Waals surface area contributed by atoms with Crippen molar-refractivity contribution >= 4 is 15.9 Å². The molecule has 0 spiro atoms. The summed E-state index contributed by atoms with van der Waals surface area (Å²) in [6, 6.07) is 3.50. The number of aliphatic hydroxyl groups is 3. The third kappa shape index (κ3) is 4.85. The van der Waals surface area contributed by atoms with Gasteiger partial charge in [-0.05, 0) is 50.0 Å². The summed E-state index contributed by atoms with van der Waals surface area (Å²) >= 11 is 0. The summed E-state index contributed by atoms with van der Waals surface area (Å²) in [7, 11) is -3.42. The Morgan fingerprint density at radius 1 is 1.35 bits per heavy atom. The first kappa shape index (κ1) is 20.9. The van der Waals surface area contributed by atoms with E-state index in [2.05, 4.69) is 6.92 Å². The Morgan fingerprint density at radius 3 is 2.65 bits per heavy atom. The minimum absolute atomic E-state index is 0.0986. The van der Waals surface area contributed by atoms with E-state index in [1.807, 2.05) is 6.08 Å². The predicted molar refractivity (Wildman–Crippen MR) is 100 cm³/mol. The van der Waals surface area contributed by atoms with E-state index in [4.69, 9.17) is 9.52 Å². The molecule has 2 heterocycles. The molecule has 0 aliphatic carbocycles. The summed E-state index contributed by atoms with van der Waals surface area (Å²) in [5.41, 5.74) is 2.17. The average Bonchev–Trinajstić information content (AvgIpc) is 3.12. The van der Waals surface area contributed by atoms with Gasteiger partial charge in [-0.3, -0.25) is 0 Å². The number of aliphatic hydroxyl groups excluding tert-OH is 3. The quantitative estimate of drug-likeness (QED) is 0.563. The monoisotopic (exact) mass is 384 g/mol. The maximum absolute atomic E-state index is 12.1. The van der Waals surface area contributed by atoms with Crippen LogP contribution in [0.2, 0.25) is 0 Å². The molecule has 26 heavy (non-hydrogen) atoms. The number of hydrogen-bond acceptors (Lipinski definition) is 6. The summed E-state index contributed by atoms with van der Waals surface area (Å²) in [5, 5.41) is 28.1. The molecule has 0 unspecified atom stereocenters. The van der Waals surface area contributed by atoms with Crippen LogP contribution in [-0.4, -0.2) is 47.5 Å². The lowest BCUT2D eigenvalue weighted by Crippen LogP contribution is -2.29. The van der Waals surface area contributed by atoms with Crippen LogP contribution in [0.25, 0.3) is 6.08 Å². The molecule has 7 heteroatoms. The molecule has 0 bridgehead atoms. The largest absolute Gasteiger partial charge is 0.459 e. The van der Waals surface area contributed by atoms with Crippen molar-refractivity contribution in [2.45, 2.75) is 57.5 Å². The fraction of sp³-hybridized carbons (Fsp3) is 0.579. The van der Waals surface area contributed by atoms with Gasteiger partial charge in [0.2, 0.25) is 0 Å². The highest BCUT2D eigenvalue weighted by Crippen LogP contribution is 2.32. The Hall–Kier alpha value is -1.41. The first-order valence-corrected chi connectivity index (χ1v) is 10.6. The molecule has 0 saturated carbocycles. The Morgan fingerprint density at radius 2 is 2.08 bits per heavy atom. The number of furan rings is 1. The standard InChI is InChI=1S/C19H28O6S/c1-3-4-14(9-15-6-7-16(10-20)25-15)5-8-17(22)19-13(2)12-26(23,24)18(19)11-21/h6-7,9,17-18,20-22H,3-5,8,10-12H2,1-2H3/b14-9+/t17-,18+/m1/s1. The highest BCUT2D eigenvalue weighted by molar-refractivity contribution is 7.92. The van der Waals surface area contributed by atoms with Gasteiger partial charge in [0.15, 0.2) is 9.84 Å². The van der Waals surface area contributed by atoms with Gasteiger partial charge in [0.25, 0.3) is 0 Å². The zero-order valence-electron chi connectivity index (χ0n) is 15.3. The number of rotatable bonds is 9. The van der Waals surface area contributed by atoms with E-state index in [9.17, 15) is 18.6 Å². The maximum Gasteiger partial charge on any atom is 0.163 e. The molecular formula is C19H28O6S. The van der Waals surface area contributed by atoms with Gasteiger partial charge in [0.05, 0.1) is 18.5 Å². The number of hydrogen-bond donors (Lipinski definition) is 3. The summed E-state index contributed by atoms with van der Waals surface area (Å²) < 4.78 is 29.6. The summed E-state index contributed by atoms with van der Waals surface area (Å²) in [5.74, 6) is 1.05. The van der Waals surface area contributed by atoms with Crippen molar-refractivity contribution in [2.24, 2.45) is 0 Å². The predicted octanol–water partition coefficient (Wildman–Crippen LogP) is 2.20. The van der Waals surface area contributed by atoms with Crippen LogP contribution in [0.5, 0.6) is 0 Å². The van der Waals surface area contributed by atoms with Gasteiger partial charge in [-0.2, -0.15) is 0 Å². The zero-order valence-corrected chi connectivity index (χ0v) is 16.1. The van der Waals surface area contributed by atoms with E-state index >= 15 is 0 Å². The van der Waals surface area contributed by atoms with Crippen LogP contribution >= 0.6 is 0 Å². The van der Waals surface area contributed by atoms with Gasteiger partial charge in [0.1, 0.15) is 23.4 Å². The Labute approximate surface area is 154 Å². The van der Waals surface area contributed by atoms with Crippen LogP contribution < -0.4 is 0 Å². The normalized spacial score (nSPS) is 21.4. The molecule has 2 rings (SSSR count). The third-order valence-electron chi connectivity index (χ3n) is 4.71. The molecule has 2 atom stereocenters. The van der Waals surface area contributed by atoms with E-state index in [1.165, 1.54) is 0 Å². The van der Waals surface area contributed by atoms with Crippen molar-refractivity contribution in [1.29, 1.82) is 0 Å². The van der Waals surface area contributed by atoms with E-state index in [-0.39, 0.29) is 12.4 Å². The van der Waals surface area contributed by atoms with Crippen molar-refractivity contribution in [3.8, 4) is 0 Å². The SMILES string of the molecule is CCC/C(=C\c1ccc(CO)o1)CC[C@@H](O)C1=C(C)CS(=O)(=O)[C@H]1CO. The molecule has 6 nitrogen and oxygen atoms in total. The van der Waals surface area contributed by atoms with Gasteiger partial charge in [-0.25, -0.2) is 8.42 Å². The fourth-order valence-electron chi connectivity index (χ4n) is 3.49. The number of allylic oxidation sites excluding steroid dienone is 1. The second-order valence-electron chi connectivity index (χ2n) is 6.78. The first-order chi connectivity index (χ1) is 12.3. The lowest BCUT2D eigenvalue weighted by Gasteiger charge is -2.19. The second kappa shape index (κ2) is 8.99. The Bertz CT molecular complexity index is 772. The molecule has 1 aliphatic rings. The lowest BCUT2D eigenvalue weighted by molar-refractivity contribution is 0.188. The maximum atomic E-state index is 12.1. The van der Waals surface area contributed by atoms with Gasteiger partial charge in [0, 0.05) is 0 Å². The van der Waals surface area contributed by atoms with Gasteiger partial charge >= 0.3 is 0 Å². The highest BCUT2D eigenvalue weighted by Gasteiger charge is 2.39. The molecule has 3 N–H and O–H groups in total. The number of sulfone groups is 1. The molecule has 146 valence electrons. The minimum Gasteiger partial charge on any atom is -0.459 e. The summed E-state index contributed by atoms with van der Waals surface area (Å²) in [6.07, 6.45) is 3.77. The van der Waals surface area contributed by atoms with Crippen molar-refractivity contribution in [1.82, 2.24) is 0 Å². The summed E-state index contributed by atoms with van der Waals surface area (Å²) in [6.45, 7) is 3.11. The zero-order chi connectivity index (χ0) is 19.3. The van der Waals surface area contributed by atoms with E-state index in [0.717, 1.165) is 18.4 Å². The Balaban J connectivity index is 2.10. The lowest BCUT2D eigenvalue weighted by atomic mass is 9.94. The topological polar surface area (TPSA) is 108 Å². The van der Waals surface area contributed by atoms with E-state index in [1.54, 1.807) is 19.1 Å². The molecular weight excluding hydrogens is 356 g/mol. The van der Waals surface area contributed by atoms with Crippen molar-refractivity contribution in [2.75, 3.05) is 12.4 Å². The fourth-order valence-corrected chi connectivity index (χ4v) is 5.43. The van der Waals surface area contributed by atoms with Crippen molar-refractivity contribution in [3.05, 3.63) is 40.4 Å². The van der Waals surface area contributed by atoms with Crippen LogP contribution in [-0.2, 0) is 16.4 Å². The minimum atomic E-state index is -3.42. The molecule has 0 radical (unpaired) electrons. The molecule has 1 aromatic rings. The van der Waals surface area contributed by atoms with Gasteiger partial charge in [-0.15, -0.1) is 0 Å². The summed E-state index contributed by atoms with van der Waals surface area (Å²) in [4.78, 5) is 0. The molecule has 0 saturated heterocycles. The third-order valence-corrected chi connectivity index (χ3v) is 6.82. The van der Waals surface area contributed by atoms with Crippen LogP contribution in [0, 0.1) is 0 Å². The Kier molecular flexibility index (Phi) is 7.23.